The minimum absolute atomic E-state index is 0.0867. The van der Waals surface area contributed by atoms with Gasteiger partial charge in [-0.3, -0.25) is 9.69 Å². The van der Waals surface area contributed by atoms with Crippen LogP contribution in [0.3, 0.4) is 0 Å². The number of fused-ring (bicyclic) bond motifs is 2. The van der Waals surface area contributed by atoms with Gasteiger partial charge in [0.25, 0.3) is 10.0 Å². The molecule has 1 fully saturated rings. The number of hydrogen-bond donors (Lipinski definition) is 3. The Bertz CT molecular complexity index is 2350. The summed E-state index contributed by atoms with van der Waals surface area (Å²) < 4.78 is 34.4. The number of aromatic amines is 1. The van der Waals surface area contributed by atoms with Gasteiger partial charge in [0.1, 0.15) is 5.58 Å². The van der Waals surface area contributed by atoms with E-state index >= 15 is 0 Å². The third kappa shape index (κ3) is 6.61. The average Bonchev–Trinajstić information content (AvgIpc) is 3.74. The fourth-order valence-electron chi connectivity index (χ4n) is 6.56. The first kappa shape index (κ1) is 32.8. The number of nitrogens with zero attached hydrogens (tertiary/aromatic N) is 4. The quantitative estimate of drug-likeness (QED) is 0.113. The number of nitrogens with one attached hydrogen (secondary N) is 1. The summed E-state index contributed by atoms with van der Waals surface area (Å²) in [4.78, 5) is 21.9. The fraction of sp³-hybridized carbons (Fsp3) is 0.211. The molecule has 2 aromatic heterocycles. The Labute approximate surface area is 290 Å². The van der Waals surface area contributed by atoms with Crippen LogP contribution >= 0.6 is 0 Å². The summed E-state index contributed by atoms with van der Waals surface area (Å²) in [5, 5.41) is 11.1. The second-order valence-corrected chi connectivity index (χ2v) is 14.3. The predicted molar refractivity (Wildman–Crippen MR) is 197 cm³/mol. The number of piperazine rings is 1. The van der Waals surface area contributed by atoms with Gasteiger partial charge in [0.2, 0.25) is 0 Å². The highest BCUT2D eigenvalue weighted by Crippen LogP contribution is 2.32. The van der Waals surface area contributed by atoms with Crippen molar-refractivity contribution in [1.29, 1.82) is 5.26 Å². The van der Waals surface area contributed by atoms with Gasteiger partial charge in [-0.25, -0.2) is 8.42 Å². The predicted octanol–water partition coefficient (Wildman–Crippen LogP) is 6.13. The molecule has 0 bridgehead atoms. The molecule has 5 N–H and O–H groups in total. The maximum Gasteiger partial charge on any atom is 0.308 e. The third-order valence-corrected chi connectivity index (χ3v) is 10.9. The van der Waals surface area contributed by atoms with Crippen molar-refractivity contribution in [2.24, 2.45) is 0 Å². The molecule has 0 unspecified atom stereocenters. The topological polar surface area (TPSA) is 166 Å². The number of amides is 1. The zero-order chi connectivity index (χ0) is 34.8. The Hall–Kier alpha value is -5.77. The SMILES string of the molecule is N#Cc1ccc2[nH]cc(CCCCN3CCN(c4ccc5oc(C(=O)N(c6cccc(N)c6)S(=O)(=O)c6cccc(N)c6)cc5c4)CC3)c2c1. The van der Waals surface area contributed by atoms with E-state index in [0.29, 0.717) is 26.5 Å². The highest BCUT2D eigenvalue weighted by atomic mass is 32.2. The molecule has 4 aromatic carbocycles. The van der Waals surface area contributed by atoms with Crippen LogP contribution in [0, 0.1) is 11.3 Å². The number of furan rings is 1. The van der Waals surface area contributed by atoms with E-state index in [1.807, 2.05) is 36.4 Å². The number of benzene rings is 4. The smallest absolute Gasteiger partial charge is 0.308 e. The summed E-state index contributed by atoms with van der Waals surface area (Å²) in [6.07, 6.45) is 5.17. The van der Waals surface area contributed by atoms with E-state index in [1.165, 1.54) is 35.9 Å². The Kier molecular flexibility index (Phi) is 8.93. The van der Waals surface area contributed by atoms with Crippen molar-refractivity contribution >= 4 is 60.6 Å². The molecule has 11 nitrogen and oxygen atoms in total. The number of rotatable bonds is 10. The average molecular weight is 688 g/mol. The Balaban J connectivity index is 1.01. The first-order chi connectivity index (χ1) is 24.2. The number of H-pyrrole nitrogens is 1. The number of nitrogen functional groups attached to an aromatic ring is 2. The molecule has 1 aliphatic heterocycles. The van der Waals surface area contributed by atoms with E-state index in [4.69, 9.17) is 15.9 Å². The molecular weight excluding hydrogens is 651 g/mol. The molecule has 1 saturated heterocycles. The van der Waals surface area contributed by atoms with E-state index in [-0.39, 0.29) is 22.0 Å². The molecule has 254 valence electrons. The van der Waals surface area contributed by atoms with Crippen LogP contribution in [0.25, 0.3) is 21.9 Å². The Morgan fingerprint density at radius 1 is 0.900 bits per heavy atom. The molecule has 1 amide bonds. The number of nitrogens with two attached hydrogens (primary N) is 2. The molecule has 0 atom stereocenters. The fourth-order valence-corrected chi connectivity index (χ4v) is 8.01. The molecular formula is C38H37N7O4S. The number of sulfonamides is 1. The van der Waals surface area contributed by atoms with E-state index in [1.54, 1.807) is 24.3 Å². The van der Waals surface area contributed by atoms with E-state index in [2.05, 4.69) is 27.0 Å². The number of unbranched alkanes of at least 4 members (excludes halogenated alkanes) is 1. The number of carbonyl (C=O) groups is 1. The van der Waals surface area contributed by atoms with Crippen LogP contribution in [0.4, 0.5) is 22.7 Å². The summed E-state index contributed by atoms with van der Waals surface area (Å²) >= 11 is 0. The summed E-state index contributed by atoms with van der Waals surface area (Å²) in [7, 11) is -4.38. The lowest BCUT2D eigenvalue weighted by Crippen LogP contribution is -2.46. The number of hydrogen-bond acceptors (Lipinski definition) is 9. The van der Waals surface area contributed by atoms with Crippen LogP contribution in [0.5, 0.6) is 0 Å². The minimum atomic E-state index is -4.38. The largest absolute Gasteiger partial charge is 0.451 e. The zero-order valence-electron chi connectivity index (χ0n) is 27.4. The first-order valence-electron chi connectivity index (χ1n) is 16.5. The van der Waals surface area contributed by atoms with Crippen molar-refractivity contribution in [1.82, 2.24) is 9.88 Å². The summed E-state index contributed by atoms with van der Waals surface area (Å²) in [6, 6.07) is 27.3. The van der Waals surface area contributed by atoms with Crippen LogP contribution in [-0.2, 0) is 16.4 Å². The van der Waals surface area contributed by atoms with Crippen molar-refractivity contribution in [3.63, 3.8) is 0 Å². The molecule has 6 aromatic rings. The van der Waals surface area contributed by atoms with Crippen molar-refractivity contribution in [3.8, 4) is 6.07 Å². The van der Waals surface area contributed by atoms with Crippen molar-refractivity contribution in [2.45, 2.75) is 24.2 Å². The zero-order valence-corrected chi connectivity index (χ0v) is 28.2. The Morgan fingerprint density at radius 2 is 1.68 bits per heavy atom. The van der Waals surface area contributed by atoms with Crippen LogP contribution < -0.4 is 20.7 Å². The van der Waals surface area contributed by atoms with Gasteiger partial charge < -0.3 is 25.8 Å². The lowest BCUT2D eigenvalue weighted by atomic mass is 10.1. The van der Waals surface area contributed by atoms with Crippen LogP contribution in [-0.4, -0.2) is 56.9 Å². The number of aromatic nitrogens is 1. The normalized spacial score (nSPS) is 13.9. The maximum atomic E-state index is 14.0. The lowest BCUT2D eigenvalue weighted by molar-refractivity contribution is 0.0981. The molecule has 50 heavy (non-hydrogen) atoms. The minimum Gasteiger partial charge on any atom is -0.451 e. The van der Waals surface area contributed by atoms with E-state index in [9.17, 15) is 18.5 Å². The van der Waals surface area contributed by atoms with Crippen LogP contribution in [0.2, 0.25) is 0 Å². The van der Waals surface area contributed by atoms with Gasteiger partial charge in [-0.1, -0.05) is 12.1 Å². The standard InChI is InChI=1S/C38H37N7O4S/c39-24-26-10-12-35-34(19-26)27(25-42-35)5-1-2-14-43-15-17-44(18-16-43)31-11-13-36-28(20-31)21-37(49-36)38(46)45(32-8-3-6-29(40)22-32)50(47,48)33-9-4-7-30(41)23-33/h3-4,6-13,19-23,25,42H,1-2,5,14-18,40-41H2. The second-order valence-electron chi connectivity index (χ2n) is 12.5. The van der Waals surface area contributed by atoms with Crippen LogP contribution in [0.1, 0.15) is 34.5 Å². The molecule has 0 saturated carbocycles. The van der Waals surface area contributed by atoms with Crippen molar-refractivity contribution in [2.75, 3.05) is 53.4 Å². The highest BCUT2D eigenvalue weighted by molar-refractivity contribution is 7.93. The van der Waals surface area contributed by atoms with Gasteiger partial charge in [0.05, 0.1) is 22.2 Å². The molecule has 1 aliphatic rings. The van der Waals surface area contributed by atoms with Gasteiger partial charge in [0.15, 0.2) is 5.76 Å². The van der Waals surface area contributed by atoms with Gasteiger partial charge in [0, 0.05) is 65.7 Å². The summed E-state index contributed by atoms with van der Waals surface area (Å²) in [5.74, 6) is -0.962. The van der Waals surface area contributed by atoms with Gasteiger partial charge in [-0.05, 0) is 110 Å². The summed E-state index contributed by atoms with van der Waals surface area (Å²) in [6.45, 7) is 4.60. The molecule has 0 spiro atoms. The second kappa shape index (κ2) is 13.6. The highest BCUT2D eigenvalue weighted by Gasteiger charge is 2.34. The molecule has 12 heteroatoms. The summed E-state index contributed by atoms with van der Waals surface area (Å²) in [5.41, 5.74) is 17.0. The molecule has 0 aliphatic carbocycles. The number of anilines is 4. The lowest BCUT2D eigenvalue weighted by Gasteiger charge is -2.36. The van der Waals surface area contributed by atoms with Gasteiger partial charge in [-0.2, -0.15) is 9.57 Å². The van der Waals surface area contributed by atoms with E-state index < -0.39 is 15.9 Å². The van der Waals surface area contributed by atoms with Gasteiger partial charge >= 0.3 is 5.91 Å². The van der Waals surface area contributed by atoms with Gasteiger partial charge in [-0.15, -0.1) is 0 Å². The van der Waals surface area contributed by atoms with Crippen molar-refractivity contribution < 1.29 is 17.6 Å². The van der Waals surface area contributed by atoms with Crippen molar-refractivity contribution in [3.05, 3.63) is 114 Å². The molecule has 7 rings (SSSR count). The Morgan fingerprint density at radius 3 is 2.44 bits per heavy atom. The first-order valence-corrected chi connectivity index (χ1v) is 18.0. The third-order valence-electron chi connectivity index (χ3n) is 9.20. The molecule has 0 radical (unpaired) electrons. The monoisotopic (exact) mass is 687 g/mol. The number of aryl methyl sites for hydroxylation is 1. The number of carbonyl (C=O) groups excluding carboxylic acids is 1. The molecule has 3 heterocycles. The number of nitriles is 1. The van der Waals surface area contributed by atoms with Crippen LogP contribution in [0.15, 0.2) is 107 Å². The maximum absolute atomic E-state index is 14.0. The van der Waals surface area contributed by atoms with E-state index in [0.717, 1.165) is 68.6 Å².